The summed E-state index contributed by atoms with van der Waals surface area (Å²) >= 11 is 0. The van der Waals surface area contributed by atoms with Crippen LogP contribution in [0.2, 0.25) is 0 Å². The first-order chi connectivity index (χ1) is 10.2. The van der Waals surface area contributed by atoms with Gasteiger partial charge >= 0.3 is 0 Å². The van der Waals surface area contributed by atoms with E-state index in [-0.39, 0.29) is 0 Å². The molecule has 1 fully saturated rings. The van der Waals surface area contributed by atoms with Crippen LogP contribution in [0.5, 0.6) is 5.75 Å². The maximum absolute atomic E-state index is 5.83. The lowest BCUT2D eigenvalue weighted by atomic mass is 9.96. The Hall–Kier alpha value is -1.10. The summed E-state index contributed by atoms with van der Waals surface area (Å²) in [5, 5.41) is 3.14. The van der Waals surface area contributed by atoms with Gasteiger partial charge in [0.15, 0.2) is 0 Å². The van der Waals surface area contributed by atoms with Crippen LogP contribution in [-0.4, -0.2) is 51.4 Å². The van der Waals surface area contributed by atoms with E-state index in [9.17, 15) is 0 Å². The Bertz CT molecular complexity index is 408. The number of likely N-dealkylation sites (tertiary alicyclic amines) is 1. The first-order valence-corrected chi connectivity index (χ1v) is 7.84. The highest BCUT2D eigenvalue weighted by Gasteiger charge is 2.25. The molecule has 1 N–H and O–H groups in total. The molecule has 21 heavy (non-hydrogen) atoms. The van der Waals surface area contributed by atoms with E-state index >= 15 is 0 Å². The Morgan fingerprint density at radius 3 is 2.71 bits per heavy atom. The quantitative estimate of drug-likeness (QED) is 0.835. The van der Waals surface area contributed by atoms with Crippen LogP contribution in [-0.2, 0) is 11.3 Å². The molecule has 0 aromatic heterocycles. The third-order valence-corrected chi connectivity index (χ3v) is 4.26. The van der Waals surface area contributed by atoms with Crippen molar-refractivity contribution in [2.45, 2.75) is 26.0 Å². The SMILES string of the molecule is CNCc1ccc(OCCN2CCC(C)C(OC)C2)cc1. The van der Waals surface area contributed by atoms with Gasteiger partial charge in [0.2, 0.25) is 0 Å². The molecule has 1 saturated heterocycles. The number of rotatable bonds is 7. The predicted octanol–water partition coefficient (Wildman–Crippen LogP) is 2.14. The zero-order valence-electron chi connectivity index (χ0n) is 13.5. The second-order valence-corrected chi connectivity index (χ2v) is 5.86. The minimum atomic E-state index is 0.361. The van der Waals surface area contributed by atoms with Crippen molar-refractivity contribution in [3.63, 3.8) is 0 Å². The van der Waals surface area contributed by atoms with E-state index in [1.165, 1.54) is 12.0 Å². The molecule has 1 aromatic rings. The van der Waals surface area contributed by atoms with Gasteiger partial charge in [-0.1, -0.05) is 19.1 Å². The molecule has 2 atom stereocenters. The van der Waals surface area contributed by atoms with Crippen LogP contribution in [0, 0.1) is 5.92 Å². The largest absolute Gasteiger partial charge is 0.492 e. The molecule has 4 heteroatoms. The van der Waals surface area contributed by atoms with Crippen LogP contribution >= 0.6 is 0 Å². The Balaban J connectivity index is 1.71. The van der Waals surface area contributed by atoms with Crippen LogP contribution in [0.1, 0.15) is 18.9 Å². The van der Waals surface area contributed by atoms with Crippen molar-refractivity contribution in [2.24, 2.45) is 5.92 Å². The van der Waals surface area contributed by atoms with Gasteiger partial charge in [-0.15, -0.1) is 0 Å². The standard InChI is InChI=1S/C17H28N2O2/c1-14-8-9-19(13-17(14)20-3)10-11-21-16-6-4-15(5-7-16)12-18-2/h4-7,14,17-18H,8-13H2,1-3H3. The number of ether oxygens (including phenoxy) is 2. The Kier molecular flexibility index (Phi) is 6.49. The molecule has 2 unspecified atom stereocenters. The van der Waals surface area contributed by atoms with Crippen LogP contribution in [0.15, 0.2) is 24.3 Å². The molecule has 0 saturated carbocycles. The summed E-state index contributed by atoms with van der Waals surface area (Å²) < 4.78 is 11.4. The topological polar surface area (TPSA) is 33.7 Å². The minimum absolute atomic E-state index is 0.361. The molecule has 0 bridgehead atoms. The smallest absolute Gasteiger partial charge is 0.119 e. The van der Waals surface area contributed by atoms with E-state index < -0.39 is 0 Å². The van der Waals surface area contributed by atoms with Gasteiger partial charge in [0, 0.05) is 26.7 Å². The second kappa shape index (κ2) is 8.37. The van der Waals surface area contributed by atoms with Gasteiger partial charge in [0.05, 0.1) is 6.10 Å². The van der Waals surface area contributed by atoms with Crippen molar-refractivity contribution in [3.05, 3.63) is 29.8 Å². The molecule has 4 nitrogen and oxygen atoms in total. The summed E-state index contributed by atoms with van der Waals surface area (Å²) in [6.07, 6.45) is 1.57. The number of benzene rings is 1. The van der Waals surface area contributed by atoms with Gasteiger partial charge in [-0.3, -0.25) is 4.90 Å². The van der Waals surface area contributed by atoms with Crippen LogP contribution in [0.25, 0.3) is 0 Å². The van der Waals surface area contributed by atoms with E-state index in [0.29, 0.717) is 12.0 Å². The molecular formula is C17H28N2O2. The van der Waals surface area contributed by atoms with Gasteiger partial charge in [-0.25, -0.2) is 0 Å². The maximum Gasteiger partial charge on any atom is 0.119 e. The molecule has 0 aliphatic carbocycles. The van der Waals surface area contributed by atoms with E-state index in [4.69, 9.17) is 9.47 Å². The van der Waals surface area contributed by atoms with Crippen LogP contribution in [0.3, 0.4) is 0 Å². The van der Waals surface area contributed by atoms with Crippen molar-refractivity contribution in [1.82, 2.24) is 10.2 Å². The van der Waals surface area contributed by atoms with E-state index in [0.717, 1.165) is 38.5 Å². The summed E-state index contributed by atoms with van der Waals surface area (Å²) in [4.78, 5) is 2.43. The van der Waals surface area contributed by atoms with E-state index in [1.807, 2.05) is 26.3 Å². The van der Waals surface area contributed by atoms with Crippen molar-refractivity contribution < 1.29 is 9.47 Å². The molecule has 0 amide bonds. The average Bonchev–Trinajstić information content (AvgIpc) is 2.51. The molecule has 1 heterocycles. The summed E-state index contributed by atoms with van der Waals surface area (Å²) in [6, 6.07) is 8.30. The Morgan fingerprint density at radius 1 is 1.29 bits per heavy atom. The zero-order chi connectivity index (χ0) is 15.1. The second-order valence-electron chi connectivity index (χ2n) is 5.86. The first kappa shape index (κ1) is 16.3. The van der Waals surface area contributed by atoms with Gasteiger partial charge in [-0.2, -0.15) is 0 Å². The third-order valence-electron chi connectivity index (χ3n) is 4.26. The lowest BCUT2D eigenvalue weighted by Crippen LogP contribution is -2.45. The summed E-state index contributed by atoms with van der Waals surface area (Å²) in [7, 11) is 3.77. The average molecular weight is 292 g/mol. The first-order valence-electron chi connectivity index (χ1n) is 7.84. The summed E-state index contributed by atoms with van der Waals surface area (Å²) in [5.41, 5.74) is 1.28. The minimum Gasteiger partial charge on any atom is -0.492 e. The fourth-order valence-corrected chi connectivity index (χ4v) is 2.81. The fourth-order valence-electron chi connectivity index (χ4n) is 2.81. The van der Waals surface area contributed by atoms with Crippen LogP contribution in [0.4, 0.5) is 0 Å². The monoisotopic (exact) mass is 292 g/mol. The molecule has 2 rings (SSSR count). The number of piperidine rings is 1. The van der Waals surface area contributed by atoms with Crippen LogP contribution < -0.4 is 10.1 Å². The maximum atomic E-state index is 5.83. The van der Waals surface area contributed by atoms with Gasteiger partial charge in [0.1, 0.15) is 12.4 Å². The molecule has 118 valence electrons. The van der Waals surface area contributed by atoms with Crippen molar-refractivity contribution in [2.75, 3.05) is 40.4 Å². The summed E-state index contributed by atoms with van der Waals surface area (Å²) in [5.74, 6) is 1.61. The van der Waals surface area contributed by atoms with E-state index in [1.54, 1.807) is 0 Å². The molecule has 0 radical (unpaired) electrons. The molecule has 1 aromatic carbocycles. The van der Waals surface area contributed by atoms with Gasteiger partial charge in [-0.05, 0) is 43.6 Å². The Labute approximate surface area is 128 Å². The molecular weight excluding hydrogens is 264 g/mol. The number of nitrogens with zero attached hydrogens (tertiary/aromatic N) is 1. The number of hydrogen-bond acceptors (Lipinski definition) is 4. The van der Waals surface area contributed by atoms with Gasteiger partial charge in [0.25, 0.3) is 0 Å². The van der Waals surface area contributed by atoms with Crippen molar-refractivity contribution in [3.8, 4) is 5.75 Å². The molecule has 1 aliphatic heterocycles. The highest BCUT2D eigenvalue weighted by atomic mass is 16.5. The van der Waals surface area contributed by atoms with Crippen molar-refractivity contribution in [1.29, 1.82) is 0 Å². The number of nitrogens with one attached hydrogen (secondary N) is 1. The molecule has 1 aliphatic rings. The summed E-state index contributed by atoms with van der Waals surface area (Å²) in [6.45, 7) is 7.02. The highest BCUT2D eigenvalue weighted by molar-refractivity contribution is 5.27. The lowest BCUT2D eigenvalue weighted by molar-refractivity contribution is -0.00788. The molecule has 0 spiro atoms. The highest BCUT2D eigenvalue weighted by Crippen LogP contribution is 2.19. The predicted molar refractivity (Wildman–Crippen MR) is 85.7 cm³/mol. The number of methoxy groups -OCH3 is 1. The van der Waals surface area contributed by atoms with Gasteiger partial charge < -0.3 is 14.8 Å². The normalized spacial score (nSPS) is 23.2. The fraction of sp³-hybridized carbons (Fsp3) is 0.647. The number of hydrogen-bond donors (Lipinski definition) is 1. The zero-order valence-corrected chi connectivity index (χ0v) is 13.5. The lowest BCUT2D eigenvalue weighted by Gasteiger charge is -2.36. The Morgan fingerprint density at radius 2 is 2.05 bits per heavy atom. The third kappa shape index (κ3) is 4.99. The van der Waals surface area contributed by atoms with Crippen molar-refractivity contribution >= 4 is 0 Å². The van der Waals surface area contributed by atoms with E-state index in [2.05, 4.69) is 29.3 Å².